The number of hydrogen-bond donors (Lipinski definition) is 1. The third kappa shape index (κ3) is 4.88. The second kappa shape index (κ2) is 7.86. The fourth-order valence-corrected chi connectivity index (χ4v) is 4.92. The molecule has 21 heavy (non-hydrogen) atoms. The number of aryl methyl sites for hydroxylation is 1. The van der Waals surface area contributed by atoms with E-state index in [2.05, 4.69) is 11.0 Å². The van der Waals surface area contributed by atoms with Crippen molar-refractivity contribution in [3.8, 4) is 0 Å². The lowest BCUT2D eigenvalue weighted by molar-refractivity contribution is 0.420. The molecule has 1 fully saturated rings. The van der Waals surface area contributed by atoms with E-state index in [9.17, 15) is 8.42 Å². The minimum atomic E-state index is -3.41. The van der Waals surface area contributed by atoms with Crippen LogP contribution >= 0.6 is 23.4 Å². The molecule has 1 aromatic carbocycles. The molecule has 0 atom stereocenters. The second-order valence-electron chi connectivity index (χ2n) is 5.41. The van der Waals surface area contributed by atoms with Gasteiger partial charge in [0, 0.05) is 17.2 Å². The lowest BCUT2D eigenvalue weighted by Gasteiger charge is -2.27. The average Bonchev–Trinajstić information content (AvgIpc) is 2.48. The summed E-state index contributed by atoms with van der Waals surface area (Å²) in [5, 5.41) is 0.681. The molecule has 1 aliphatic carbocycles. The van der Waals surface area contributed by atoms with Gasteiger partial charge in [0.25, 0.3) is 0 Å². The number of rotatable bonds is 6. The molecule has 1 N–H and O–H groups in total. The highest BCUT2D eigenvalue weighted by molar-refractivity contribution is 7.99. The van der Waals surface area contributed by atoms with Gasteiger partial charge in [0.05, 0.1) is 4.90 Å². The van der Waals surface area contributed by atoms with Gasteiger partial charge in [-0.1, -0.05) is 12.1 Å². The van der Waals surface area contributed by atoms with Gasteiger partial charge in [-0.25, -0.2) is 13.1 Å². The van der Waals surface area contributed by atoms with Gasteiger partial charge in [-0.15, -0.1) is 11.6 Å². The fraction of sp³-hybridized carbons (Fsp3) is 0.600. The van der Waals surface area contributed by atoms with Crippen molar-refractivity contribution >= 4 is 33.4 Å². The molecule has 0 aliphatic heterocycles. The van der Waals surface area contributed by atoms with E-state index in [1.165, 1.54) is 0 Å². The van der Waals surface area contributed by atoms with Crippen LogP contribution in [0.15, 0.2) is 29.2 Å². The molecule has 1 aliphatic rings. The largest absolute Gasteiger partial charge is 0.240 e. The van der Waals surface area contributed by atoms with E-state index >= 15 is 0 Å². The molecule has 0 saturated heterocycles. The topological polar surface area (TPSA) is 46.2 Å². The van der Waals surface area contributed by atoms with Crippen molar-refractivity contribution in [2.75, 3.05) is 12.1 Å². The molecule has 3 nitrogen and oxygen atoms in total. The molecular formula is C15H22ClNO2S2. The molecule has 1 saturated carbocycles. The number of thioether (sulfide) groups is 1. The van der Waals surface area contributed by atoms with E-state index in [-0.39, 0.29) is 6.04 Å². The summed E-state index contributed by atoms with van der Waals surface area (Å²) < 4.78 is 27.6. The fourth-order valence-electron chi connectivity index (χ4n) is 2.65. The summed E-state index contributed by atoms with van der Waals surface area (Å²) in [4.78, 5) is 0.341. The van der Waals surface area contributed by atoms with Crippen molar-refractivity contribution in [2.24, 2.45) is 0 Å². The van der Waals surface area contributed by atoms with Gasteiger partial charge in [-0.05, 0) is 56.1 Å². The number of hydrogen-bond acceptors (Lipinski definition) is 3. The maximum atomic E-state index is 12.4. The quantitative estimate of drug-likeness (QED) is 0.802. The van der Waals surface area contributed by atoms with Crippen LogP contribution in [0.4, 0.5) is 0 Å². The minimum Gasteiger partial charge on any atom is -0.208 e. The Balaban J connectivity index is 1.98. The molecule has 0 unspecified atom stereocenters. The SMILES string of the molecule is CSC1CCC(NS(=O)(=O)c2ccc(CCCl)cc2)CC1. The first-order valence-electron chi connectivity index (χ1n) is 7.25. The third-order valence-corrected chi connectivity index (χ3v) is 6.81. The molecule has 0 spiro atoms. The van der Waals surface area contributed by atoms with Crippen molar-refractivity contribution < 1.29 is 8.42 Å². The van der Waals surface area contributed by atoms with E-state index < -0.39 is 10.0 Å². The molecule has 0 heterocycles. The summed E-state index contributed by atoms with van der Waals surface area (Å²) in [5.74, 6) is 0.545. The Morgan fingerprint density at radius 1 is 1.19 bits per heavy atom. The predicted octanol–water partition coefficient (Wildman–Crippen LogP) is 3.42. The highest BCUT2D eigenvalue weighted by Gasteiger charge is 2.25. The monoisotopic (exact) mass is 347 g/mol. The van der Waals surface area contributed by atoms with Crippen LogP contribution in [0.5, 0.6) is 0 Å². The van der Waals surface area contributed by atoms with Gasteiger partial charge in [-0.3, -0.25) is 0 Å². The number of sulfonamides is 1. The first-order valence-corrected chi connectivity index (χ1v) is 10.6. The van der Waals surface area contributed by atoms with Crippen LogP contribution in [0.1, 0.15) is 31.2 Å². The Morgan fingerprint density at radius 3 is 2.33 bits per heavy atom. The Hall–Kier alpha value is -0.230. The van der Waals surface area contributed by atoms with E-state index in [1.54, 1.807) is 12.1 Å². The molecule has 0 radical (unpaired) electrons. The highest BCUT2D eigenvalue weighted by atomic mass is 35.5. The number of halogens is 1. The maximum Gasteiger partial charge on any atom is 0.240 e. The molecule has 0 amide bonds. The van der Waals surface area contributed by atoms with Gasteiger partial charge < -0.3 is 0 Å². The van der Waals surface area contributed by atoms with Crippen molar-refractivity contribution in [2.45, 2.75) is 48.3 Å². The molecule has 0 aromatic heterocycles. The molecule has 1 aromatic rings. The van der Waals surface area contributed by atoms with E-state index in [0.717, 1.165) is 37.7 Å². The van der Waals surface area contributed by atoms with Crippen molar-refractivity contribution in [1.29, 1.82) is 0 Å². The van der Waals surface area contributed by atoms with Crippen molar-refractivity contribution in [3.05, 3.63) is 29.8 Å². The Labute approximate surface area is 136 Å². The van der Waals surface area contributed by atoms with Gasteiger partial charge in [-0.2, -0.15) is 11.8 Å². The zero-order valence-electron chi connectivity index (χ0n) is 12.2. The van der Waals surface area contributed by atoms with Gasteiger partial charge >= 0.3 is 0 Å². The highest BCUT2D eigenvalue weighted by Crippen LogP contribution is 2.27. The molecule has 0 bridgehead atoms. The first-order chi connectivity index (χ1) is 10.0. The van der Waals surface area contributed by atoms with Crippen LogP contribution in [0.25, 0.3) is 0 Å². The van der Waals surface area contributed by atoms with Crippen molar-refractivity contribution in [1.82, 2.24) is 4.72 Å². The second-order valence-corrected chi connectivity index (χ2v) is 8.64. The van der Waals surface area contributed by atoms with Crippen LogP contribution in [-0.2, 0) is 16.4 Å². The van der Waals surface area contributed by atoms with Crippen LogP contribution < -0.4 is 4.72 Å². The summed E-state index contributed by atoms with van der Waals surface area (Å²) in [6, 6.07) is 7.07. The van der Waals surface area contributed by atoms with Crippen LogP contribution in [0.3, 0.4) is 0 Å². The third-order valence-electron chi connectivity index (χ3n) is 3.95. The molecule has 118 valence electrons. The van der Waals surface area contributed by atoms with Crippen LogP contribution in [-0.4, -0.2) is 31.8 Å². The standard InChI is InChI=1S/C15H22ClNO2S2/c1-20-14-6-4-13(5-7-14)17-21(18,19)15-8-2-12(3-9-15)10-11-16/h2-3,8-9,13-14,17H,4-7,10-11H2,1H3. The predicted molar refractivity (Wildman–Crippen MR) is 90.7 cm³/mol. The van der Waals surface area contributed by atoms with E-state index in [1.807, 2.05) is 23.9 Å². The summed E-state index contributed by atoms with van der Waals surface area (Å²) in [6.07, 6.45) is 6.90. The van der Waals surface area contributed by atoms with Crippen molar-refractivity contribution in [3.63, 3.8) is 0 Å². The van der Waals surface area contributed by atoms with Gasteiger partial charge in [0.2, 0.25) is 10.0 Å². The lowest BCUT2D eigenvalue weighted by Crippen LogP contribution is -2.38. The molecular weight excluding hydrogens is 326 g/mol. The van der Waals surface area contributed by atoms with Crippen LogP contribution in [0.2, 0.25) is 0 Å². The zero-order chi connectivity index (χ0) is 15.3. The average molecular weight is 348 g/mol. The van der Waals surface area contributed by atoms with Gasteiger partial charge in [0.1, 0.15) is 0 Å². The normalized spacial score (nSPS) is 23.1. The van der Waals surface area contributed by atoms with Crippen LogP contribution in [0, 0.1) is 0 Å². The first kappa shape index (κ1) is 17.1. The smallest absolute Gasteiger partial charge is 0.208 e. The Bertz CT molecular complexity index is 537. The zero-order valence-corrected chi connectivity index (χ0v) is 14.6. The maximum absolute atomic E-state index is 12.4. The summed E-state index contributed by atoms with van der Waals surface area (Å²) in [7, 11) is -3.41. The Kier molecular flexibility index (Phi) is 6.41. The number of benzene rings is 1. The Morgan fingerprint density at radius 2 is 1.81 bits per heavy atom. The summed E-state index contributed by atoms with van der Waals surface area (Å²) in [5.41, 5.74) is 1.06. The van der Waals surface area contributed by atoms with E-state index in [4.69, 9.17) is 11.6 Å². The van der Waals surface area contributed by atoms with Gasteiger partial charge in [0.15, 0.2) is 0 Å². The minimum absolute atomic E-state index is 0.0703. The number of alkyl halides is 1. The summed E-state index contributed by atoms with van der Waals surface area (Å²) >= 11 is 7.57. The van der Waals surface area contributed by atoms with E-state index in [0.29, 0.717) is 16.0 Å². The lowest BCUT2D eigenvalue weighted by atomic mass is 9.96. The molecule has 6 heteroatoms. The number of nitrogens with one attached hydrogen (secondary N) is 1. The molecule has 2 rings (SSSR count). The summed E-state index contributed by atoms with van der Waals surface area (Å²) in [6.45, 7) is 0.